The van der Waals surface area contributed by atoms with E-state index in [1.54, 1.807) is 0 Å². The summed E-state index contributed by atoms with van der Waals surface area (Å²) in [7, 11) is 0. The average molecular weight is 262 g/mol. The van der Waals surface area contributed by atoms with Crippen LogP contribution in [0, 0.1) is 6.92 Å². The van der Waals surface area contributed by atoms with E-state index >= 15 is 0 Å². The summed E-state index contributed by atoms with van der Waals surface area (Å²) in [5.41, 5.74) is 1.17. The van der Waals surface area contributed by atoms with Crippen molar-refractivity contribution >= 4 is 11.6 Å². The van der Waals surface area contributed by atoms with E-state index < -0.39 is 0 Å². The minimum absolute atomic E-state index is 0.458. The fourth-order valence-electron chi connectivity index (χ4n) is 2.42. The fraction of sp³-hybridized carbons (Fsp3) is 0.733. The summed E-state index contributed by atoms with van der Waals surface area (Å²) in [5, 5.41) is 3.38. The van der Waals surface area contributed by atoms with Gasteiger partial charge in [0.1, 0.15) is 17.5 Å². The lowest BCUT2D eigenvalue weighted by molar-refractivity contribution is 0.685. The minimum atomic E-state index is 0.458. The van der Waals surface area contributed by atoms with Gasteiger partial charge in [0.2, 0.25) is 0 Å². The number of anilines is 2. The summed E-state index contributed by atoms with van der Waals surface area (Å²) in [6, 6.07) is 0.458. The molecule has 1 saturated carbocycles. The van der Waals surface area contributed by atoms with Crippen LogP contribution in [0.2, 0.25) is 0 Å². The van der Waals surface area contributed by atoms with E-state index in [0.717, 1.165) is 30.5 Å². The van der Waals surface area contributed by atoms with Crippen LogP contribution >= 0.6 is 0 Å². The van der Waals surface area contributed by atoms with Crippen molar-refractivity contribution < 1.29 is 0 Å². The third-order valence-electron chi connectivity index (χ3n) is 3.66. The molecule has 0 spiro atoms. The van der Waals surface area contributed by atoms with Gasteiger partial charge in [-0.1, -0.05) is 0 Å². The van der Waals surface area contributed by atoms with E-state index in [4.69, 9.17) is 9.97 Å². The molecule has 1 aromatic rings. The molecule has 106 valence electrons. The maximum Gasteiger partial charge on any atom is 0.137 e. The van der Waals surface area contributed by atoms with Crippen LogP contribution in [-0.2, 0) is 0 Å². The molecule has 4 nitrogen and oxygen atoms in total. The summed E-state index contributed by atoms with van der Waals surface area (Å²) in [4.78, 5) is 11.9. The summed E-state index contributed by atoms with van der Waals surface area (Å²) < 4.78 is 0. The highest BCUT2D eigenvalue weighted by molar-refractivity contribution is 5.59. The maximum absolute atomic E-state index is 4.84. The van der Waals surface area contributed by atoms with Crippen LogP contribution in [0.15, 0.2) is 0 Å². The van der Waals surface area contributed by atoms with Crippen molar-refractivity contribution in [3.63, 3.8) is 0 Å². The van der Waals surface area contributed by atoms with Crippen molar-refractivity contribution in [2.45, 2.75) is 59.4 Å². The Morgan fingerprint density at radius 2 is 1.95 bits per heavy atom. The summed E-state index contributed by atoms with van der Waals surface area (Å²) in [6.45, 7) is 12.7. The number of nitrogens with one attached hydrogen (secondary N) is 1. The molecular formula is C15H26N4. The van der Waals surface area contributed by atoms with Crippen molar-refractivity contribution in [2.75, 3.05) is 23.3 Å². The van der Waals surface area contributed by atoms with Crippen LogP contribution in [0.5, 0.6) is 0 Å². The molecule has 1 heterocycles. The van der Waals surface area contributed by atoms with Crippen LogP contribution in [0.1, 0.15) is 57.8 Å². The molecule has 1 aromatic heterocycles. The van der Waals surface area contributed by atoms with Crippen molar-refractivity contribution in [3.05, 3.63) is 11.4 Å². The molecule has 4 heteroatoms. The van der Waals surface area contributed by atoms with E-state index in [2.05, 4.69) is 44.8 Å². The zero-order chi connectivity index (χ0) is 14.0. The average Bonchev–Trinajstić information content (AvgIpc) is 3.18. The van der Waals surface area contributed by atoms with Gasteiger partial charge in [0.25, 0.3) is 0 Å². The van der Waals surface area contributed by atoms with E-state index in [0.29, 0.717) is 12.0 Å². The lowest BCUT2D eigenvalue weighted by Crippen LogP contribution is -2.32. The Hall–Kier alpha value is -1.32. The first-order valence-corrected chi connectivity index (χ1v) is 7.47. The van der Waals surface area contributed by atoms with Gasteiger partial charge in [-0.25, -0.2) is 9.97 Å². The quantitative estimate of drug-likeness (QED) is 0.853. The molecule has 0 aliphatic heterocycles. The van der Waals surface area contributed by atoms with E-state index in [-0.39, 0.29) is 0 Å². The lowest BCUT2D eigenvalue weighted by Gasteiger charge is -2.29. The Labute approximate surface area is 116 Å². The maximum atomic E-state index is 4.84. The highest BCUT2D eigenvalue weighted by Gasteiger charge is 2.29. The van der Waals surface area contributed by atoms with Gasteiger partial charge in [0.05, 0.1) is 0 Å². The molecule has 19 heavy (non-hydrogen) atoms. The Balaban J connectivity index is 2.44. The van der Waals surface area contributed by atoms with Gasteiger partial charge in [-0.3, -0.25) is 0 Å². The number of nitrogens with zero attached hydrogens (tertiary/aromatic N) is 3. The zero-order valence-electron chi connectivity index (χ0n) is 12.8. The number of aromatic nitrogens is 2. The summed E-state index contributed by atoms with van der Waals surface area (Å²) in [6.07, 6.45) is 2.48. The molecule has 2 rings (SSSR count). The first-order chi connectivity index (χ1) is 9.08. The second kappa shape index (κ2) is 5.76. The lowest BCUT2D eigenvalue weighted by atomic mass is 10.2. The van der Waals surface area contributed by atoms with Gasteiger partial charge < -0.3 is 10.2 Å². The molecule has 0 amide bonds. The topological polar surface area (TPSA) is 41.1 Å². The van der Waals surface area contributed by atoms with Gasteiger partial charge in [0, 0.05) is 30.6 Å². The van der Waals surface area contributed by atoms with Gasteiger partial charge in [-0.15, -0.1) is 0 Å². The van der Waals surface area contributed by atoms with E-state index in [1.807, 2.05) is 0 Å². The monoisotopic (exact) mass is 262 g/mol. The first-order valence-electron chi connectivity index (χ1n) is 7.47. The van der Waals surface area contributed by atoms with E-state index in [1.165, 1.54) is 18.4 Å². The Bertz CT molecular complexity index is 438. The molecule has 1 aliphatic carbocycles. The molecule has 1 N–H and O–H groups in total. The summed E-state index contributed by atoms with van der Waals surface area (Å²) >= 11 is 0. The van der Waals surface area contributed by atoms with Crippen molar-refractivity contribution in [2.24, 2.45) is 0 Å². The van der Waals surface area contributed by atoms with Crippen LogP contribution in [0.3, 0.4) is 0 Å². The van der Waals surface area contributed by atoms with Crippen LogP contribution in [0.25, 0.3) is 0 Å². The van der Waals surface area contributed by atoms with Gasteiger partial charge in [-0.2, -0.15) is 0 Å². The van der Waals surface area contributed by atoms with Gasteiger partial charge >= 0.3 is 0 Å². The normalized spacial score (nSPS) is 14.8. The molecule has 1 fully saturated rings. The molecule has 1 aliphatic rings. The van der Waals surface area contributed by atoms with Crippen molar-refractivity contribution in [3.8, 4) is 0 Å². The minimum Gasteiger partial charge on any atom is -0.370 e. The van der Waals surface area contributed by atoms with Crippen molar-refractivity contribution in [1.29, 1.82) is 0 Å². The highest BCUT2D eigenvalue weighted by Crippen LogP contribution is 2.40. The van der Waals surface area contributed by atoms with Gasteiger partial charge in [-0.05, 0) is 47.5 Å². The molecule has 0 atom stereocenters. The zero-order valence-corrected chi connectivity index (χ0v) is 12.8. The SMILES string of the molecule is CCNc1nc(C2CC2)nc(N(CC)C(C)C)c1C. The largest absolute Gasteiger partial charge is 0.370 e. The van der Waals surface area contributed by atoms with E-state index in [9.17, 15) is 0 Å². The molecule has 0 unspecified atom stereocenters. The molecule has 0 saturated heterocycles. The molecular weight excluding hydrogens is 236 g/mol. The fourth-order valence-corrected chi connectivity index (χ4v) is 2.42. The standard InChI is InChI=1S/C15H26N4/c1-6-16-13-11(5)15(19(7-2)10(3)4)18-14(17-13)12-8-9-12/h10,12H,6-9H2,1-5H3,(H,16,17,18). The Morgan fingerprint density at radius 3 is 2.42 bits per heavy atom. The third kappa shape index (κ3) is 2.99. The predicted octanol–water partition coefficient (Wildman–Crippen LogP) is 3.33. The predicted molar refractivity (Wildman–Crippen MR) is 81.1 cm³/mol. The number of rotatable bonds is 6. The second-order valence-corrected chi connectivity index (χ2v) is 5.56. The van der Waals surface area contributed by atoms with Crippen LogP contribution in [-0.4, -0.2) is 29.1 Å². The van der Waals surface area contributed by atoms with Crippen LogP contribution in [0.4, 0.5) is 11.6 Å². The highest BCUT2D eigenvalue weighted by atomic mass is 15.2. The smallest absolute Gasteiger partial charge is 0.137 e. The number of hydrogen-bond donors (Lipinski definition) is 1. The molecule has 0 aromatic carbocycles. The first kappa shape index (κ1) is 14.1. The second-order valence-electron chi connectivity index (χ2n) is 5.56. The van der Waals surface area contributed by atoms with Gasteiger partial charge in [0.15, 0.2) is 0 Å². The number of hydrogen-bond acceptors (Lipinski definition) is 4. The Morgan fingerprint density at radius 1 is 1.26 bits per heavy atom. The Kier molecular flexibility index (Phi) is 4.27. The van der Waals surface area contributed by atoms with Crippen molar-refractivity contribution in [1.82, 2.24) is 9.97 Å². The van der Waals surface area contributed by atoms with Crippen LogP contribution < -0.4 is 10.2 Å². The molecule has 0 bridgehead atoms. The molecule has 0 radical (unpaired) electrons. The third-order valence-corrected chi connectivity index (χ3v) is 3.66. The summed E-state index contributed by atoms with van der Waals surface area (Å²) in [5.74, 6) is 3.72.